The number of hydrogen-bond acceptors (Lipinski definition) is 5. The third-order valence-electron chi connectivity index (χ3n) is 8.10. The van der Waals surface area contributed by atoms with Crippen LogP contribution in [0.2, 0.25) is 10.0 Å². The van der Waals surface area contributed by atoms with Crippen molar-refractivity contribution in [3.05, 3.63) is 80.3 Å². The van der Waals surface area contributed by atoms with E-state index in [2.05, 4.69) is 18.7 Å². The molecule has 4 aliphatic heterocycles. The molecule has 2 fully saturated rings. The van der Waals surface area contributed by atoms with Crippen molar-refractivity contribution >= 4 is 51.9 Å². The second-order valence-corrected chi connectivity index (χ2v) is 12.8. The van der Waals surface area contributed by atoms with Crippen LogP contribution in [0.4, 0.5) is 0 Å². The average Bonchev–Trinajstić information content (AvgIpc) is 3.72. The molecule has 0 aromatic heterocycles. The van der Waals surface area contributed by atoms with E-state index in [0.29, 0.717) is 21.5 Å². The zero-order valence-electron chi connectivity index (χ0n) is 22.1. The van der Waals surface area contributed by atoms with Gasteiger partial charge in [-0.1, -0.05) is 61.3 Å². The molecule has 0 spiro atoms. The fourth-order valence-electron chi connectivity index (χ4n) is 6.24. The molecule has 2 aromatic carbocycles. The number of aliphatic imine (C=N–C) groups is 1. The number of benzene rings is 2. The molecule has 0 bridgehead atoms. The van der Waals surface area contributed by atoms with Crippen molar-refractivity contribution in [1.29, 1.82) is 0 Å². The van der Waals surface area contributed by atoms with Gasteiger partial charge in [0.05, 0.1) is 6.04 Å². The predicted octanol–water partition coefficient (Wildman–Crippen LogP) is 6.68. The number of amidine groups is 1. The van der Waals surface area contributed by atoms with Gasteiger partial charge in [0.2, 0.25) is 5.91 Å². The van der Waals surface area contributed by atoms with Gasteiger partial charge in [-0.3, -0.25) is 14.6 Å². The Hall–Kier alpha value is -2.48. The molecule has 6 rings (SSSR count). The van der Waals surface area contributed by atoms with Crippen LogP contribution in [0.25, 0.3) is 0 Å². The Morgan fingerprint density at radius 2 is 1.51 bits per heavy atom. The van der Waals surface area contributed by atoms with Crippen molar-refractivity contribution in [2.75, 3.05) is 19.6 Å². The lowest BCUT2D eigenvalue weighted by Crippen LogP contribution is -2.47. The number of likely N-dealkylation sites (tertiary alicyclic amines) is 2. The van der Waals surface area contributed by atoms with Gasteiger partial charge in [0.25, 0.3) is 5.91 Å². The molecule has 3 atom stereocenters. The minimum atomic E-state index is -0.372. The maximum Gasteiger partial charge on any atom is 0.263 e. The monoisotopic (exact) mass is 582 g/mol. The second-order valence-electron chi connectivity index (χ2n) is 10.9. The molecule has 0 radical (unpaired) electrons. The Bertz CT molecular complexity index is 1340. The highest BCUT2D eigenvalue weighted by Crippen LogP contribution is 2.53. The van der Waals surface area contributed by atoms with E-state index in [1.807, 2.05) is 58.3 Å². The third-order valence-corrected chi connectivity index (χ3v) is 9.68. The van der Waals surface area contributed by atoms with Crippen LogP contribution in [0.15, 0.2) is 64.1 Å². The number of carbonyl (C=O) groups excluding carboxylic acids is 2. The van der Waals surface area contributed by atoms with E-state index in [-0.39, 0.29) is 35.9 Å². The molecule has 6 nitrogen and oxygen atoms in total. The van der Waals surface area contributed by atoms with Gasteiger partial charge >= 0.3 is 0 Å². The quantitative estimate of drug-likeness (QED) is 0.395. The fraction of sp³-hybridized carbons (Fsp3) is 0.433. The summed E-state index contributed by atoms with van der Waals surface area (Å²) >= 11 is 13.9. The van der Waals surface area contributed by atoms with E-state index in [1.54, 1.807) is 0 Å². The molecule has 4 aliphatic rings. The summed E-state index contributed by atoms with van der Waals surface area (Å²) in [5, 5.41) is 2.18. The van der Waals surface area contributed by atoms with Crippen LogP contribution >= 0.6 is 35.0 Å². The first-order valence-electron chi connectivity index (χ1n) is 13.7. The van der Waals surface area contributed by atoms with Crippen molar-refractivity contribution in [3.8, 4) is 0 Å². The van der Waals surface area contributed by atoms with E-state index >= 15 is 0 Å². The highest BCUT2D eigenvalue weighted by molar-refractivity contribution is 8.18. The maximum atomic E-state index is 14.2. The summed E-state index contributed by atoms with van der Waals surface area (Å²) in [5.74, 6) is 0.139. The van der Waals surface area contributed by atoms with Crippen LogP contribution in [-0.4, -0.2) is 57.4 Å². The van der Waals surface area contributed by atoms with Gasteiger partial charge in [0.15, 0.2) is 5.17 Å². The fourth-order valence-corrected chi connectivity index (χ4v) is 7.79. The highest BCUT2D eigenvalue weighted by Gasteiger charge is 2.49. The first-order chi connectivity index (χ1) is 18.8. The SMILES string of the molecule is CC(C)C1=C(C(=O)N2CCC[C@H]2C(=O)N2CCCC2)SC2=N[C@@H](c3ccc(Cl)cc3)[C@@H](c3ccc(Cl)cc3)N21. The molecule has 0 N–H and O–H groups in total. The number of amides is 2. The Labute approximate surface area is 244 Å². The number of hydrogen-bond donors (Lipinski definition) is 0. The third kappa shape index (κ3) is 4.87. The molecule has 0 unspecified atom stereocenters. The molecular formula is C30H32Cl2N4O2S. The van der Waals surface area contributed by atoms with Crippen molar-refractivity contribution in [3.63, 3.8) is 0 Å². The van der Waals surface area contributed by atoms with Crippen LogP contribution in [0.1, 0.15) is 62.7 Å². The smallest absolute Gasteiger partial charge is 0.263 e. The van der Waals surface area contributed by atoms with E-state index in [9.17, 15) is 9.59 Å². The van der Waals surface area contributed by atoms with Gasteiger partial charge in [0, 0.05) is 35.4 Å². The van der Waals surface area contributed by atoms with Crippen LogP contribution in [0.5, 0.6) is 0 Å². The Kier molecular flexibility index (Phi) is 7.42. The number of fused-ring (bicyclic) bond motifs is 1. The summed E-state index contributed by atoms with van der Waals surface area (Å²) in [6.45, 7) is 6.45. The number of carbonyl (C=O) groups is 2. The zero-order valence-corrected chi connectivity index (χ0v) is 24.5. The lowest BCUT2D eigenvalue weighted by molar-refractivity contribution is -0.141. The number of thioether (sulfide) groups is 1. The number of nitrogens with zero attached hydrogens (tertiary/aromatic N) is 4. The van der Waals surface area contributed by atoms with E-state index in [1.165, 1.54) is 11.8 Å². The summed E-state index contributed by atoms with van der Waals surface area (Å²) in [6.07, 6.45) is 3.66. The van der Waals surface area contributed by atoms with Gasteiger partial charge in [-0.15, -0.1) is 0 Å². The van der Waals surface area contributed by atoms with Crippen molar-refractivity contribution in [1.82, 2.24) is 14.7 Å². The second kappa shape index (κ2) is 10.8. The lowest BCUT2D eigenvalue weighted by Gasteiger charge is -2.32. The molecule has 39 heavy (non-hydrogen) atoms. The van der Waals surface area contributed by atoms with Gasteiger partial charge in [-0.05, 0) is 78.8 Å². The van der Waals surface area contributed by atoms with Gasteiger partial charge in [-0.2, -0.15) is 0 Å². The van der Waals surface area contributed by atoms with E-state index in [0.717, 1.165) is 60.8 Å². The maximum absolute atomic E-state index is 14.2. The molecule has 204 valence electrons. The Balaban J connectivity index is 1.37. The van der Waals surface area contributed by atoms with Crippen LogP contribution in [0, 0.1) is 5.92 Å². The standard InChI is InChI=1S/C30H32Cl2N4O2S/c1-18(2)25-27(29(38)35-17-5-6-23(35)28(37)34-15-3-4-16-34)39-30-33-24(19-7-11-21(31)12-8-19)26(36(25)30)20-9-13-22(32)14-10-20/h7-14,18,23-24,26H,3-6,15-17H2,1-2H3/t23-,24-,26+/m0/s1. The molecule has 9 heteroatoms. The summed E-state index contributed by atoms with van der Waals surface area (Å²) in [5.41, 5.74) is 3.11. The molecule has 2 saturated heterocycles. The number of rotatable bonds is 5. The lowest BCUT2D eigenvalue weighted by atomic mass is 9.92. The van der Waals surface area contributed by atoms with Gasteiger partial charge < -0.3 is 14.7 Å². The summed E-state index contributed by atoms with van der Waals surface area (Å²) in [7, 11) is 0. The van der Waals surface area contributed by atoms with E-state index in [4.69, 9.17) is 28.2 Å². The highest BCUT2D eigenvalue weighted by atomic mass is 35.5. The minimum absolute atomic E-state index is 0.0475. The minimum Gasteiger partial charge on any atom is -0.341 e. The van der Waals surface area contributed by atoms with Crippen molar-refractivity contribution in [2.24, 2.45) is 10.9 Å². The first-order valence-corrected chi connectivity index (χ1v) is 15.3. The van der Waals surface area contributed by atoms with Crippen LogP contribution < -0.4 is 0 Å². The van der Waals surface area contributed by atoms with E-state index < -0.39 is 0 Å². The first kappa shape index (κ1) is 26.7. The number of allylic oxidation sites excluding steroid dienone is 1. The Morgan fingerprint density at radius 1 is 0.897 bits per heavy atom. The van der Waals surface area contributed by atoms with Gasteiger partial charge in [-0.25, -0.2) is 0 Å². The van der Waals surface area contributed by atoms with Crippen molar-refractivity contribution < 1.29 is 9.59 Å². The molecule has 0 aliphatic carbocycles. The summed E-state index contributed by atoms with van der Waals surface area (Å²) in [6, 6.07) is 15.1. The predicted molar refractivity (Wildman–Crippen MR) is 158 cm³/mol. The van der Waals surface area contributed by atoms with Crippen LogP contribution in [-0.2, 0) is 9.59 Å². The normalized spacial score (nSPS) is 24.7. The topological polar surface area (TPSA) is 56.2 Å². The van der Waals surface area contributed by atoms with Gasteiger partial charge in [0.1, 0.15) is 17.0 Å². The molecule has 4 heterocycles. The largest absolute Gasteiger partial charge is 0.341 e. The Morgan fingerprint density at radius 3 is 2.13 bits per heavy atom. The van der Waals surface area contributed by atoms with Crippen LogP contribution in [0.3, 0.4) is 0 Å². The number of halogens is 2. The molecular weight excluding hydrogens is 551 g/mol. The summed E-state index contributed by atoms with van der Waals surface area (Å²) in [4.78, 5) is 39.4. The molecule has 2 aromatic rings. The van der Waals surface area contributed by atoms with Crippen molar-refractivity contribution in [2.45, 2.75) is 57.7 Å². The molecule has 0 saturated carbocycles. The molecule has 2 amide bonds. The average molecular weight is 584 g/mol. The summed E-state index contributed by atoms with van der Waals surface area (Å²) < 4.78 is 0. The zero-order chi connectivity index (χ0) is 27.3.